The van der Waals surface area contributed by atoms with E-state index in [2.05, 4.69) is 95.6 Å². The van der Waals surface area contributed by atoms with Gasteiger partial charge in [0.1, 0.15) is 5.75 Å². The zero-order valence-corrected chi connectivity index (χ0v) is 18.1. The van der Waals surface area contributed by atoms with Crippen molar-refractivity contribution in [1.29, 1.82) is 0 Å². The van der Waals surface area contributed by atoms with Crippen LogP contribution >= 0.6 is 0 Å². The first-order valence-corrected chi connectivity index (χ1v) is 11.3. The average Bonchev–Trinajstić information content (AvgIpc) is 2.84. The normalized spacial score (nSPS) is 10.4. The summed E-state index contributed by atoms with van der Waals surface area (Å²) in [5.74, 6) is -8.74. The number of hydrogen-bond donors (Lipinski definition) is 2. The van der Waals surface area contributed by atoms with Gasteiger partial charge in [-0.25, -0.2) is 13.2 Å². The second-order valence-corrected chi connectivity index (χ2v) is 9.20. The molecule has 0 bridgehead atoms. The van der Waals surface area contributed by atoms with Gasteiger partial charge < -0.3 is 14.7 Å². The highest BCUT2D eigenvalue weighted by atomic mass is 28.3. The third-order valence-electron chi connectivity index (χ3n) is 4.49. The first-order chi connectivity index (χ1) is 15.9. The third-order valence-corrected chi connectivity index (χ3v) is 7.22. The largest absolute Gasteiger partial charge is 0.707 e. The van der Waals surface area contributed by atoms with Crippen LogP contribution in [0.4, 0.5) is 17.6 Å². The lowest BCUT2D eigenvalue weighted by atomic mass is 10.2. The molecule has 2 N–H and O–H groups in total. The molecule has 0 aliphatic rings. The molecule has 0 aromatic heterocycles. The van der Waals surface area contributed by atoms with Crippen molar-refractivity contribution in [3.8, 4) is 5.75 Å². The van der Waals surface area contributed by atoms with Gasteiger partial charge in [-0.2, -0.15) is 4.39 Å². The molecule has 0 saturated carbocycles. The molecule has 167 valence electrons. The van der Waals surface area contributed by atoms with Crippen molar-refractivity contribution < 1.29 is 32.3 Å². The van der Waals surface area contributed by atoms with Crippen LogP contribution in [-0.2, 0) is 0 Å². The quantitative estimate of drug-likeness (QED) is 0.156. The zero-order valence-electron chi connectivity index (χ0n) is 17.1. The molecular weight excluding hydrogens is 451 g/mol. The van der Waals surface area contributed by atoms with Crippen LogP contribution in [0.25, 0.3) is 0 Å². The number of benzene rings is 4. The summed E-state index contributed by atoms with van der Waals surface area (Å²) in [5, 5.41) is 20.7. The molecule has 0 atom stereocenters. The molecule has 1 radical (unpaired) electrons. The zero-order chi connectivity index (χ0) is 23.8. The van der Waals surface area contributed by atoms with E-state index in [0.717, 1.165) is 0 Å². The van der Waals surface area contributed by atoms with Gasteiger partial charge in [0.15, 0.2) is 20.4 Å². The predicted molar refractivity (Wildman–Crippen MR) is 121 cm³/mol. The lowest BCUT2D eigenvalue weighted by Gasteiger charge is -2.16. The Balaban J connectivity index is 0.000000196. The summed E-state index contributed by atoms with van der Waals surface area (Å²) in [7, 11) is -3.33. The summed E-state index contributed by atoms with van der Waals surface area (Å²) in [6.45, 7) is 0. The van der Waals surface area contributed by atoms with Crippen LogP contribution in [0.2, 0.25) is 0 Å². The monoisotopic (exact) mass is 469 g/mol. The molecule has 33 heavy (non-hydrogen) atoms. The van der Waals surface area contributed by atoms with Crippen molar-refractivity contribution in [1.82, 2.24) is 0 Å². The van der Waals surface area contributed by atoms with E-state index in [0.29, 0.717) is 0 Å². The first-order valence-electron chi connectivity index (χ1n) is 9.77. The van der Waals surface area contributed by atoms with E-state index in [4.69, 9.17) is 10.0 Å². The summed E-state index contributed by atoms with van der Waals surface area (Å²) in [6, 6.07) is 32.7. The lowest BCUT2D eigenvalue weighted by Crippen LogP contribution is -2.51. The van der Waals surface area contributed by atoms with Crippen LogP contribution in [0.5, 0.6) is 5.75 Å². The molecule has 0 aliphatic carbocycles. The minimum atomic E-state index is -2.45. The molecule has 0 unspecified atom stereocenters. The Morgan fingerprint density at radius 3 is 1.33 bits per heavy atom. The topological polar surface area (TPSA) is 49.7 Å². The van der Waals surface area contributed by atoms with Crippen molar-refractivity contribution in [2.45, 2.75) is 0 Å². The molecule has 0 spiro atoms. The van der Waals surface area contributed by atoms with Gasteiger partial charge in [-0.05, 0) is 0 Å². The van der Waals surface area contributed by atoms with Crippen molar-refractivity contribution >= 4 is 31.7 Å². The molecule has 4 aromatic carbocycles. The van der Waals surface area contributed by atoms with Crippen molar-refractivity contribution in [2.75, 3.05) is 0 Å². The van der Waals surface area contributed by atoms with Crippen LogP contribution in [0.15, 0.2) is 97.1 Å². The molecule has 0 heterocycles. The highest BCUT2D eigenvalue weighted by Crippen LogP contribution is 2.24. The SMILES string of the molecule is OB(O)Oc1cc(F)c(F)c(F)c1F.c1ccc([Si](c2ccccc2)c2ccccc2)cc1. The second kappa shape index (κ2) is 11.5. The maximum atomic E-state index is 12.7. The van der Waals surface area contributed by atoms with E-state index in [1.54, 1.807) is 0 Å². The molecule has 0 amide bonds. The highest BCUT2D eigenvalue weighted by molar-refractivity contribution is 6.95. The summed E-state index contributed by atoms with van der Waals surface area (Å²) < 4.78 is 53.8. The molecule has 0 fully saturated rings. The smallest absolute Gasteiger partial charge is 0.509 e. The summed E-state index contributed by atoms with van der Waals surface area (Å²) >= 11 is 0. The van der Waals surface area contributed by atoms with E-state index >= 15 is 0 Å². The number of hydrogen-bond acceptors (Lipinski definition) is 3. The average molecular weight is 469 g/mol. The Bertz CT molecular complexity index is 1070. The van der Waals surface area contributed by atoms with Crippen LogP contribution in [0, 0.1) is 23.3 Å². The lowest BCUT2D eigenvalue weighted by molar-refractivity contribution is 0.276. The number of halogens is 4. The minimum absolute atomic E-state index is 0.160. The Morgan fingerprint density at radius 2 is 0.970 bits per heavy atom. The molecule has 3 nitrogen and oxygen atoms in total. The molecule has 0 aliphatic heterocycles. The summed E-state index contributed by atoms with van der Waals surface area (Å²) in [4.78, 5) is 0. The Labute approximate surface area is 190 Å². The predicted octanol–water partition coefficient (Wildman–Crippen LogP) is 2.79. The molecule has 4 rings (SSSR count). The van der Waals surface area contributed by atoms with Crippen LogP contribution in [0.3, 0.4) is 0 Å². The fourth-order valence-corrected chi connectivity index (χ4v) is 5.64. The Hall–Kier alpha value is -3.40. The molecule has 0 saturated heterocycles. The number of rotatable bonds is 5. The van der Waals surface area contributed by atoms with E-state index < -0.39 is 45.1 Å². The second-order valence-electron chi connectivity index (χ2n) is 6.72. The Morgan fingerprint density at radius 1 is 0.576 bits per heavy atom. The van der Waals surface area contributed by atoms with Crippen molar-refractivity contribution in [3.05, 3.63) is 120 Å². The third kappa shape index (κ3) is 6.32. The van der Waals surface area contributed by atoms with Gasteiger partial charge >= 0.3 is 7.32 Å². The van der Waals surface area contributed by atoms with Gasteiger partial charge in [0.25, 0.3) is 0 Å². The van der Waals surface area contributed by atoms with E-state index in [1.807, 2.05) is 0 Å². The van der Waals surface area contributed by atoms with Crippen molar-refractivity contribution in [2.24, 2.45) is 0 Å². The van der Waals surface area contributed by atoms with E-state index in [1.165, 1.54) is 15.6 Å². The minimum Gasteiger partial charge on any atom is -0.509 e. The van der Waals surface area contributed by atoms with Crippen LogP contribution < -0.4 is 20.2 Å². The Kier molecular flexibility index (Phi) is 8.42. The standard InChI is InChI=1S/C18H15Si.C6H3BF4O3/c1-4-10-16(11-5-1)19(17-12-6-2-7-13-17)18-14-8-3-9-15-18;8-2-1-3(14-7(12)13)5(10)6(11)4(2)9/h1-15H;1,12-13H. The van der Waals surface area contributed by atoms with Crippen molar-refractivity contribution in [3.63, 3.8) is 0 Å². The summed E-state index contributed by atoms with van der Waals surface area (Å²) in [6.07, 6.45) is 0. The van der Waals surface area contributed by atoms with Crippen LogP contribution in [-0.4, -0.2) is 26.2 Å². The van der Waals surface area contributed by atoms with Gasteiger partial charge in [-0.15, -0.1) is 0 Å². The van der Waals surface area contributed by atoms with Crippen LogP contribution in [0.1, 0.15) is 0 Å². The van der Waals surface area contributed by atoms with E-state index in [9.17, 15) is 17.6 Å². The van der Waals surface area contributed by atoms with Gasteiger partial charge in [0, 0.05) is 6.07 Å². The fraction of sp³-hybridized carbons (Fsp3) is 0. The maximum Gasteiger partial charge on any atom is 0.707 e. The fourth-order valence-electron chi connectivity index (χ4n) is 3.06. The first kappa shape index (κ1) is 24.2. The molecular formula is C24H18BF4O3Si. The molecule has 4 aromatic rings. The van der Waals surface area contributed by atoms with Gasteiger partial charge in [-0.3, -0.25) is 0 Å². The highest BCUT2D eigenvalue weighted by Gasteiger charge is 2.23. The molecule has 9 heteroatoms. The van der Waals surface area contributed by atoms with E-state index in [-0.39, 0.29) is 6.07 Å². The van der Waals surface area contributed by atoms with Gasteiger partial charge in [-0.1, -0.05) is 107 Å². The van der Waals surface area contributed by atoms with Gasteiger partial charge in [0.2, 0.25) is 11.6 Å². The van der Waals surface area contributed by atoms with Gasteiger partial charge in [0.05, 0.1) is 0 Å². The maximum absolute atomic E-state index is 12.7. The summed E-state index contributed by atoms with van der Waals surface area (Å²) in [5.41, 5.74) is 0.